The maximum absolute atomic E-state index is 11.9. The topological polar surface area (TPSA) is 58.2 Å². The zero-order valence-corrected chi connectivity index (χ0v) is 11.8. The van der Waals surface area contributed by atoms with Crippen molar-refractivity contribution < 1.29 is 9.59 Å². The summed E-state index contributed by atoms with van der Waals surface area (Å²) in [7, 11) is 0. The summed E-state index contributed by atoms with van der Waals surface area (Å²) < 4.78 is 0. The van der Waals surface area contributed by atoms with E-state index in [-0.39, 0.29) is 6.04 Å². The Kier molecular flexibility index (Phi) is 3.86. The monoisotopic (exact) mass is 282 g/mol. The van der Waals surface area contributed by atoms with Crippen LogP contribution in [0.2, 0.25) is 0 Å². The van der Waals surface area contributed by atoms with Crippen molar-refractivity contribution in [3.8, 4) is 0 Å². The normalized spacial score (nSPS) is 15.0. The van der Waals surface area contributed by atoms with E-state index in [9.17, 15) is 9.59 Å². The Balaban J connectivity index is 1.66. The van der Waals surface area contributed by atoms with Gasteiger partial charge in [0.05, 0.1) is 0 Å². The molecule has 2 amide bonds. The van der Waals surface area contributed by atoms with Gasteiger partial charge in [-0.05, 0) is 35.7 Å². The number of nitrogens with one attached hydrogen (secondary N) is 2. The highest BCUT2D eigenvalue weighted by molar-refractivity contribution is 6.39. The molecule has 0 unspecified atom stereocenters. The van der Waals surface area contributed by atoms with E-state index >= 15 is 0 Å². The largest absolute Gasteiger partial charge is 0.345 e. The van der Waals surface area contributed by atoms with Crippen LogP contribution >= 0.6 is 0 Å². The van der Waals surface area contributed by atoms with Crippen LogP contribution in [0.4, 0.5) is 5.69 Å². The number of anilines is 1. The van der Waals surface area contributed by atoms with Gasteiger partial charge in [0.2, 0.25) is 0 Å². The van der Waals surface area contributed by atoms with Gasteiger partial charge < -0.3 is 10.6 Å². The second-order valence-corrected chi connectivity index (χ2v) is 5.47. The van der Waals surface area contributed by atoms with Crippen LogP contribution in [0.5, 0.6) is 0 Å². The van der Waals surface area contributed by atoms with Crippen molar-refractivity contribution in [1.82, 2.24) is 5.32 Å². The summed E-state index contributed by atoms with van der Waals surface area (Å²) in [6, 6.07) is 13.7. The summed E-state index contributed by atoms with van der Waals surface area (Å²) in [6.45, 7) is 0. The fraction of sp³-hybridized carbons (Fsp3) is 0.294. The number of benzene rings is 2. The molecule has 0 saturated heterocycles. The summed E-state index contributed by atoms with van der Waals surface area (Å²) in [6.07, 6.45) is 4.18. The number of carbonyl (C=O) groups excluding carboxylic acids is 2. The number of rotatable bonds is 2. The SMILES string of the molecule is O=C(Nc1ccc2ccccc2c1)C(=O)NC1CCCC1. The number of hydrogen-bond acceptors (Lipinski definition) is 2. The molecule has 4 heteroatoms. The van der Waals surface area contributed by atoms with E-state index in [2.05, 4.69) is 10.6 Å². The number of carbonyl (C=O) groups is 2. The number of amides is 2. The molecule has 1 aliphatic carbocycles. The fourth-order valence-electron chi connectivity index (χ4n) is 2.78. The predicted molar refractivity (Wildman–Crippen MR) is 83.0 cm³/mol. The Hall–Kier alpha value is -2.36. The molecule has 0 aliphatic heterocycles. The molecule has 0 radical (unpaired) electrons. The van der Waals surface area contributed by atoms with E-state index in [0.717, 1.165) is 36.5 Å². The average Bonchev–Trinajstić information content (AvgIpc) is 3.00. The Morgan fingerprint density at radius 1 is 0.905 bits per heavy atom. The first-order chi connectivity index (χ1) is 10.2. The molecule has 1 fully saturated rings. The molecule has 2 aromatic rings. The zero-order valence-electron chi connectivity index (χ0n) is 11.8. The lowest BCUT2D eigenvalue weighted by Gasteiger charge is -2.12. The Bertz CT molecular complexity index is 675. The van der Waals surface area contributed by atoms with Gasteiger partial charge in [0.1, 0.15) is 0 Å². The lowest BCUT2D eigenvalue weighted by Crippen LogP contribution is -2.40. The third kappa shape index (κ3) is 3.21. The zero-order chi connectivity index (χ0) is 14.7. The molecule has 1 aliphatic rings. The maximum atomic E-state index is 11.9. The van der Waals surface area contributed by atoms with Gasteiger partial charge in [-0.1, -0.05) is 43.2 Å². The van der Waals surface area contributed by atoms with Crippen molar-refractivity contribution in [2.24, 2.45) is 0 Å². The summed E-state index contributed by atoms with van der Waals surface area (Å²) in [5, 5.41) is 7.58. The minimum atomic E-state index is -0.600. The Labute approximate surface area is 123 Å². The highest BCUT2D eigenvalue weighted by atomic mass is 16.2. The van der Waals surface area contributed by atoms with Crippen molar-refractivity contribution in [1.29, 1.82) is 0 Å². The molecule has 0 atom stereocenters. The van der Waals surface area contributed by atoms with Gasteiger partial charge in [-0.15, -0.1) is 0 Å². The summed E-state index contributed by atoms with van der Waals surface area (Å²) in [5.74, 6) is -1.15. The summed E-state index contributed by atoms with van der Waals surface area (Å²) in [5.41, 5.74) is 0.639. The predicted octanol–water partition coefficient (Wildman–Crippen LogP) is 2.84. The van der Waals surface area contributed by atoms with Crippen LogP contribution < -0.4 is 10.6 Å². The quantitative estimate of drug-likeness (QED) is 0.832. The molecule has 3 rings (SSSR count). The number of hydrogen-bond donors (Lipinski definition) is 2. The molecule has 21 heavy (non-hydrogen) atoms. The molecule has 4 nitrogen and oxygen atoms in total. The van der Waals surface area contributed by atoms with E-state index < -0.39 is 11.8 Å². The van der Waals surface area contributed by atoms with E-state index in [4.69, 9.17) is 0 Å². The van der Waals surface area contributed by atoms with Crippen LogP contribution in [0.25, 0.3) is 10.8 Å². The average molecular weight is 282 g/mol. The summed E-state index contributed by atoms with van der Waals surface area (Å²) in [4.78, 5) is 23.8. The molecule has 1 saturated carbocycles. The second-order valence-electron chi connectivity index (χ2n) is 5.47. The molecule has 0 spiro atoms. The first-order valence-corrected chi connectivity index (χ1v) is 7.33. The molecule has 0 aromatic heterocycles. The van der Waals surface area contributed by atoms with Crippen LogP contribution in [-0.2, 0) is 9.59 Å². The van der Waals surface area contributed by atoms with E-state index in [1.165, 1.54) is 0 Å². The summed E-state index contributed by atoms with van der Waals surface area (Å²) >= 11 is 0. The molecule has 0 bridgehead atoms. The molecule has 0 heterocycles. The van der Waals surface area contributed by atoms with Gasteiger partial charge in [0, 0.05) is 11.7 Å². The lowest BCUT2D eigenvalue weighted by atomic mass is 10.1. The molecule has 108 valence electrons. The lowest BCUT2D eigenvalue weighted by molar-refractivity contribution is -0.136. The van der Waals surface area contributed by atoms with Crippen molar-refractivity contribution in [3.05, 3.63) is 42.5 Å². The molecule has 2 aromatic carbocycles. The highest BCUT2D eigenvalue weighted by Crippen LogP contribution is 2.19. The van der Waals surface area contributed by atoms with Crippen LogP contribution in [0.3, 0.4) is 0 Å². The van der Waals surface area contributed by atoms with Crippen LogP contribution in [0.15, 0.2) is 42.5 Å². The van der Waals surface area contributed by atoms with E-state index in [0.29, 0.717) is 5.69 Å². The third-order valence-electron chi connectivity index (χ3n) is 3.90. The fourth-order valence-corrected chi connectivity index (χ4v) is 2.78. The second kappa shape index (κ2) is 5.95. The first-order valence-electron chi connectivity index (χ1n) is 7.33. The standard InChI is InChI=1S/C17H18N2O2/c20-16(18-14-7-3-4-8-14)17(21)19-15-10-9-12-5-1-2-6-13(12)11-15/h1-2,5-6,9-11,14H,3-4,7-8H2,(H,18,20)(H,19,21). The van der Waals surface area contributed by atoms with Gasteiger partial charge in [-0.3, -0.25) is 9.59 Å². The molecular weight excluding hydrogens is 264 g/mol. The Morgan fingerprint density at radius 3 is 2.38 bits per heavy atom. The number of fused-ring (bicyclic) bond motifs is 1. The van der Waals surface area contributed by atoms with E-state index in [1.54, 1.807) is 0 Å². The third-order valence-corrected chi connectivity index (χ3v) is 3.90. The van der Waals surface area contributed by atoms with Crippen LogP contribution in [-0.4, -0.2) is 17.9 Å². The van der Waals surface area contributed by atoms with Gasteiger partial charge >= 0.3 is 11.8 Å². The van der Waals surface area contributed by atoms with Gasteiger partial charge in [0.15, 0.2) is 0 Å². The maximum Gasteiger partial charge on any atom is 0.313 e. The van der Waals surface area contributed by atoms with Crippen LogP contribution in [0, 0.1) is 0 Å². The first kappa shape index (κ1) is 13.6. The van der Waals surface area contributed by atoms with Crippen molar-refractivity contribution in [3.63, 3.8) is 0 Å². The van der Waals surface area contributed by atoms with Gasteiger partial charge in [-0.2, -0.15) is 0 Å². The Morgan fingerprint density at radius 2 is 1.62 bits per heavy atom. The van der Waals surface area contributed by atoms with Crippen molar-refractivity contribution in [2.45, 2.75) is 31.7 Å². The van der Waals surface area contributed by atoms with Gasteiger partial charge in [0.25, 0.3) is 0 Å². The van der Waals surface area contributed by atoms with Crippen molar-refractivity contribution >= 4 is 28.3 Å². The molecule has 2 N–H and O–H groups in total. The highest BCUT2D eigenvalue weighted by Gasteiger charge is 2.21. The smallest absolute Gasteiger partial charge is 0.313 e. The van der Waals surface area contributed by atoms with Crippen molar-refractivity contribution in [2.75, 3.05) is 5.32 Å². The molecular formula is C17H18N2O2. The van der Waals surface area contributed by atoms with Crippen LogP contribution in [0.1, 0.15) is 25.7 Å². The minimum Gasteiger partial charge on any atom is -0.345 e. The minimum absolute atomic E-state index is 0.153. The van der Waals surface area contributed by atoms with Gasteiger partial charge in [-0.25, -0.2) is 0 Å². The van der Waals surface area contributed by atoms with E-state index in [1.807, 2.05) is 42.5 Å².